The fourth-order valence-corrected chi connectivity index (χ4v) is 3.48. The number of benzene rings is 2. The van der Waals surface area contributed by atoms with Crippen molar-refractivity contribution in [3.8, 4) is 5.75 Å². The molecule has 31 heavy (non-hydrogen) atoms. The lowest BCUT2D eigenvalue weighted by atomic mass is 9.72. The molecule has 2 atom stereocenters. The van der Waals surface area contributed by atoms with Crippen LogP contribution in [0.4, 0.5) is 35.1 Å². The minimum absolute atomic E-state index is 0.0385. The lowest BCUT2D eigenvalue weighted by molar-refractivity contribution is -0.137. The number of hydrogen-bond acceptors (Lipinski definition) is 2. The molecule has 0 bridgehead atoms. The fourth-order valence-electron chi connectivity index (χ4n) is 3.48. The number of alkyl halides is 6. The summed E-state index contributed by atoms with van der Waals surface area (Å²) in [5.74, 6) is -2.10. The first-order valence-corrected chi connectivity index (χ1v) is 9.02. The second-order valence-corrected chi connectivity index (χ2v) is 7.60. The predicted octanol–water partition coefficient (Wildman–Crippen LogP) is 5.85. The van der Waals surface area contributed by atoms with Crippen molar-refractivity contribution in [3.63, 3.8) is 0 Å². The number of methoxy groups -OCH3 is 1. The van der Waals surface area contributed by atoms with Crippen LogP contribution in [0.3, 0.4) is 0 Å². The van der Waals surface area contributed by atoms with Gasteiger partial charge >= 0.3 is 6.18 Å². The number of rotatable bonds is 8. The SMILES string of the molecule is COc1ccc(F)cc1C(C)(CF)CC(O)(Cc1cc(C(F)(F)F)ccc1F)C(F)F. The Morgan fingerprint density at radius 3 is 2.19 bits per heavy atom. The second-order valence-electron chi connectivity index (χ2n) is 7.60. The van der Waals surface area contributed by atoms with E-state index in [0.29, 0.717) is 18.2 Å². The monoisotopic (exact) mass is 456 g/mol. The maximum absolute atomic E-state index is 14.1. The van der Waals surface area contributed by atoms with Gasteiger partial charge in [-0.1, -0.05) is 6.92 Å². The molecule has 2 nitrogen and oxygen atoms in total. The predicted molar refractivity (Wildman–Crippen MR) is 97.0 cm³/mol. The minimum atomic E-state index is -4.87. The van der Waals surface area contributed by atoms with Crippen LogP contribution < -0.4 is 4.74 Å². The van der Waals surface area contributed by atoms with Gasteiger partial charge in [-0.05, 0) is 48.4 Å². The molecule has 0 aliphatic heterocycles. The van der Waals surface area contributed by atoms with Crippen LogP contribution in [0.1, 0.15) is 30.0 Å². The highest BCUT2D eigenvalue weighted by molar-refractivity contribution is 5.40. The molecule has 0 saturated carbocycles. The molecule has 0 fully saturated rings. The van der Waals surface area contributed by atoms with Crippen LogP contribution in [0.15, 0.2) is 36.4 Å². The molecular formula is C21H20F8O2. The van der Waals surface area contributed by atoms with E-state index in [0.717, 1.165) is 25.1 Å². The second kappa shape index (κ2) is 9.02. The molecule has 2 aromatic rings. The summed E-state index contributed by atoms with van der Waals surface area (Å²) in [6.07, 6.45) is -10.7. The van der Waals surface area contributed by atoms with Crippen LogP contribution in [0.25, 0.3) is 0 Å². The first-order valence-electron chi connectivity index (χ1n) is 9.02. The molecule has 0 aliphatic carbocycles. The molecule has 0 amide bonds. The van der Waals surface area contributed by atoms with Gasteiger partial charge in [0, 0.05) is 17.4 Å². The van der Waals surface area contributed by atoms with E-state index < -0.39 is 65.9 Å². The third-order valence-corrected chi connectivity index (χ3v) is 5.08. The lowest BCUT2D eigenvalue weighted by Gasteiger charge is -2.37. The minimum Gasteiger partial charge on any atom is -0.496 e. The number of halogens is 8. The van der Waals surface area contributed by atoms with E-state index in [9.17, 15) is 40.2 Å². The third-order valence-electron chi connectivity index (χ3n) is 5.08. The molecule has 2 unspecified atom stereocenters. The largest absolute Gasteiger partial charge is 0.496 e. The maximum Gasteiger partial charge on any atom is 0.416 e. The number of ether oxygens (including phenoxy) is 1. The highest BCUT2D eigenvalue weighted by Crippen LogP contribution is 2.42. The van der Waals surface area contributed by atoms with Crippen LogP contribution in [-0.4, -0.2) is 30.9 Å². The summed E-state index contributed by atoms with van der Waals surface area (Å²) < 4.78 is 113. The standard InChI is InChI=1S/C21H20F8O2/c1-19(11-22,15-8-14(23)4-6-17(15)31-2)10-20(30,18(25)26)9-12-7-13(21(27,28)29)3-5-16(12)24/h3-8,18,30H,9-11H2,1-2H3. The average molecular weight is 456 g/mol. The summed E-state index contributed by atoms with van der Waals surface area (Å²) in [5, 5.41) is 10.6. The summed E-state index contributed by atoms with van der Waals surface area (Å²) in [5.41, 5.74) is -7.31. The molecule has 2 aromatic carbocycles. The zero-order valence-electron chi connectivity index (χ0n) is 16.5. The van der Waals surface area contributed by atoms with Gasteiger partial charge in [-0.3, -0.25) is 4.39 Å². The van der Waals surface area contributed by atoms with E-state index in [1.807, 2.05) is 0 Å². The van der Waals surface area contributed by atoms with Crippen LogP contribution in [0.5, 0.6) is 5.75 Å². The first-order chi connectivity index (χ1) is 14.3. The summed E-state index contributed by atoms with van der Waals surface area (Å²) in [4.78, 5) is 0. The number of aliphatic hydroxyl groups is 1. The summed E-state index contributed by atoms with van der Waals surface area (Å²) in [7, 11) is 1.19. The Bertz CT molecular complexity index is 915. The zero-order valence-corrected chi connectivity index (χ0v) is 16.5. The molecule has 1 N–H and O–H groups in total. The molecule has 0 heterocycles. The van der Waals surface area contributed by atoms with Crippen molar-refractivity contribution in [2.45, 2.75) is 43.4 Å². The molecule has 0 saturated heterocycles. The van der Waals surface area contributed by atoms with Gasteiger partial charge in [0.2, 0.25) is 0 Å². The molecule has 0 aliphatic rings. The van der Waals surface area contributed by atoms with E-state index in [1.54, 1.807) is 0 Å². The molecule has 0 aromatic heterocycles. The quantitative estimate of drug-likeness (QED) is 0.505. The average Bonchev–Trinajstić information content (AvgIpc) is 2.68. The van der Waals surface area contributed by atoms with Crippen molar-refractivity contribution in [1.82, 2.24) is 0 Å². The van der Waals surface area contributed by atoms with Gasteiger partial charge in [0.15, 0.2) is 0 Å². The van der Waals surface area contributed by atoms with Gasteiger partial charge in [0.1, 0.15) is 23.0 Å². The van der Waals surface area contributed by atoms with Crippen LogP contribution in [0.2, 0.25) is 0 Å². The highest BCUT2D eigenvalue weighted by atomic mass is 19.4. The van der Waals surface area contributed by atoms with Gasteiger partial charge in [-0.15, -0.1) is 0 Å². The summed E-state index contributed by atoms with van der Waals surface area (Å²) in [6.45, 7) is -0.215. The van der Waals surface area contributed by atoms with E-state index in [4.69, 9.17) is 4.74 Å². The van der Waals surface area contributed by atoms with Crippen LogP contribution >= 0.6 is 0 Å². The van der Waals surface area contributed by atoms with E-state index in [1.165, 1.54) is 7.11 Å². The zero-order chi connectivity index (χ0) is 23.6. The van der Waals surface area contributed by atoms with Crippen molar-refractivity contribution in [3.05, 3.63) is 64.7 Å². The van der Waals surface area contributed by atoms with Gasteiger partial charge in [-0.25, -0.2) is 17.6 Å². The molecule has 0 radical (unpaired) electrons. The Morgan fingerprint density at radius 2 is 1.68 bits per heavy atom. The van der Waals surface area contributed by atoms with Crippen molar-refractivity contribution in [1.29, 1.82) is 0 Å². The first kappa shape index (κ1) is 24.9. The molecule has 172 valence electrons. The Balaban J connectivity index is 2.51. The highest BCUT2D eigenvalue weighted by Gasteiger charge is 2.46. The van der Waals surface area contributed by atoms with Gasteiger partial charge in [0.05, 0.1) is 19.3 Å². The number of hydrogen-bond donors (Lipinski definition) is 1. The lowest BCUT2D eigenvalue weighted by Crippen LogP contribution is -2.47. The molecule has 10 heteroatoms. The third kappa shape index (κ3) is 5.47. The van der Waals surface area contributed by atoms with Crippen molar-refractivity contribution in [2.24, 2.45) is 0 Å². The Kier molecular flexibility index (Phi) is 7.24. The maximum atomic E-state index is 14.1. The Hall–Kier alpha value is -2.36. The van der Waals surface area contributed by atoms with Crippen LogP contribution in [-0.2, 0) is 18.0 Å². The smallest absolute Gasteiger partial charge is 0.416 e. The van der Waals surface area contributed by atoms with Gasteiger partial charge < -0.3 is 9.84 Å². The fraction of sp³-hybridized carbons (Fsp3) is 0.429. The molecule has 0 spiro atoms. The topological polar surface area (TPSA) is 29.5 Å². The van der Waals surface area contributed by atoms with E-state index >= 15 is 0 Å². The van der Waals surface area contributed by atoms with Gasteiger partial charge in [0.25, 0.3) is 6.43 Å². The Morgan fingerprint density at radius 1 is 1.03 bits per heavy atom. The van der Waals surface area contributed by atoms with E-state index in [2.05, 4.69) is 0 Å². The van der Waals surface area contributed by atoms with Gasteiger partial charge in [-0.2, -0.15) is 13.2 Å². The van der Waals surface area contributed by atoms with Crippen molar-refractivity contribution < 1.29 is 45.0 Å². The summed E-state index contributed by atoms with van der Waals surface area (Å²) in [6, 6.07) is 4.20. The normalized spacial score (nSPS) is 16.1. The molecule has 2 rings (SSSR count). The van der Waals surface area contributed by atoms with Crippen molar-refractivity contribution in [2.75, 3.05) is 13.8 Å². The van der Waals surface area contributed by atoms with Crippen LogP contribution in [0, 0.1) is 11.6 Å². The molecular weight excluding hydrogens is 436 g/mol. The van der Waals surface area contributed by atoms with E-state index in [-0.39, 0.29) is 11.3 Å². The summed E-state index contributed by atoms with van der Waals surface area (Å²) >= 11 is 0. The van der Waals surface area contributed by atoms with Crippen molar-refractivity contribution >= 4 is 0 Å². The Labute approximate surface area is 173 Å².